The number of nitrogens with zero attached hydrogens (tertiary/aromatic N) is 4. The van der Waals surface area contributed by atoms with Crippen molar-refractivity contribution in [1.82, 2.24) is 19.7 Å². The minimum Gasteiger partial charge on any atom is -0.337 e. The van der Waals surface area contributed by atoms with Gasteiger partial charge in [0, 0.05) is 39.3 Å². The molecule has 1 atom stereocenters. The van der Waals surface area contributed by atoms with Gasteiger partial charge in [0.05, 0.1) is 0 Å². The van der Waals surface area contributed by atoms with Gasteiger partial charge in [-0.15, -0.1) is 0 Å². The number of aromatic nitrogens is 1. The van der Waals surface area contributed by atoms with Crippen LogP contribution in [0.4, 0.5) is 0 Å². The second-order valence-corrected chi connectivity index (χ2v) is 7.13. The van der Waals surface area contributed by atoms with Crippen LogP contribution >= 0.6 is 0 Å². The van der Waals surface area contributed by atoms with Gasteiger partial charge in [-0.2, -0.15) is 0 Å². The van der Waals surface area contributed by atoms with Crippen molar-refractivity contribution in [3.63, 3.8) is 0 Å². The molecule has 2 aliphatic heterocycles. The van der Waals surface area contributed by atoms with E-state index >= 15 is 0 Å². The molecule has 0 bridgehead atoms. The first kappa shape index (κ1) is 17.9. The Hall–Kier alpha value is -1.95. The molecule has 0 aliphatic carbocycles. The first-order chi connectivity index (χ1) is 12.1. The summed E-state index contributed by atoms with van der Waals surface area (Å²) in [4.78, 5) is 35.9. The lowest BCUT2D eigenvalue weighted by Crippen LogP contribution is -2.48. The fourth-order valence-corrected chi connectivity index (χ4v) is 3.64. The maximum atomic E-state index is 12.7. The minimum absolute atomic E-state index is 0.0583. The summed E-state index contributed by atoms with van der Waals surface area (Å²) < 4.78 is 0. The molecule has 136 valence electrons. The highest BCUT2D eigenvalue weighted by molar-refractivity contribution is 5.96. The molecule has 25 heavy (non-hydrogen) atoms. The van der Waals surface area contributed by atoms with E-state index in [1.165, 1.54) is 6.42 Å². The molecule has 1 aromatic rings. The minimum atomic E-state index is -0.0718. The number of carbonyl (C=O) groups excluding carboxylic acids is 2. The second-order valence-electron chi connectivity index (χ2n) is 7.13. The molecule has 0 spiro atoms. The number of amides is 2. The lowest BCUT2D eigenvalue weighted by molar-refractivity contribution is 0.0636. The molecule has 0 aromatic carbocycles. The predicted octanol–water partition coefficient (Wildman–Crippen LogP) is 1.73. The van der Waals surface area contributed by atoms with E-state index in [2.05, 4.69) is 23.7 Å². The Kier molecular flexibility index (Phi) is 5.68. The van der Waals surface area contributed by atoms with E-state index in [1.54, 1.807) is 18.2 Å². The van der Waals surface area contributed by atoms with E-state index in [4.69, 9.17) is 0 Å². The van der Waals surface area contributed by atoms with Crippen LogP contribution in [0.2, 0.25) is 0 Å². The number of likely N-dealkylation sites (tertiary alicyclic amines) is 1. The zero-order valence-electron chi connectivity index (χ0n) is 15.3. The Morgan fingerprint density at radius 1 is 1.04 bits per heavy atom. The van der Waals surface area contributed by atoms with Crippen molar-refractivity contribution in [3.8, 4) is 0 Å². The topological polar surface area (TPSA) is 56.8 Å². The van der Waals surface area contributed by atoms with Crippen LogP contribution in [0.25, 0.3) is 0 Å². The number of rotatable bonds is 3. The SMILES string of the molecule is CCN1CCN(C(=O)c2cccc(C(=O)N3CCCC(C)C3)n2)CC1. The van der Waals surface area contributed by atoms with Crippen LogP contribution in [0.3, 0.4) is 0 Å². The molecule has 6 nitrogen and oxygen atoms in total. The van der Waals surface area contributed by atoms with Crippen LogP contribution in [0, 0.1) is 5.92 Å². The molecule has 3 heterocycles. The summed E-state index contributed by atoms with van der Waals surface area (Å²) in [5.74, 6) is 0.395. The average Bonchev–Trinajstić information content (AvgIpc) is 2.67. The van der Waals surface area contributed by atoms with Crippen molar-refractivity contribution in [3.05, 3.63) is 29.6 Å². The van der Waals surface area contributed by atoms with Gasteiger partial charge in [0.1, 0.15) is 11.4 Å². The number of hydrogen-bond acceptors (Lipinski definition) is 4. The molecule has 2 aliphatic rings. The van der Waals surface area contributed by atoms with Gasteiger partial charge in [0.15, 0.2) is 0 Å². The molecule has 0 radical (unpaired) electrons. The van der Waals surface area contributed by atoms with Crippen molar-refractivity contribution in [2.45, 2.75) is 26.7 Å². The van der Waals surface area contributed by atoms with E-state index in [9.17, 15) is 9.59 Å². The van der Waals surface area contributed by atoms with E-state index in [1.807, 2.05) is 9.80 Å². The van der Waals surface area contributed by atoms with E-state index < -0.39 is 0 Å². The van der Waals surface area contributed by atoms with Gasteiger partial charge < -0.3 is 14.7 Å². The number of likely N-dealkylation sites (N-methyl/N-ethyl adjacent to an activating group) is 1. The van der Waals surface area contributed by atoms with Crippen LogP contribution in [0.15, 0.2) is 18.2 Å². The van der Waals surface area contributed by atoms with Gasteiger partial charge >= 0.3 is 0 Å². The Bertz CT molecular complexity index is 626. The van der Waals surface area contributed by atoms with Crippen LogP contribution < -0.4 is 0 Å². The number of piperidine rings is 1. The third-order valence-corrected chi connectivity index (χ3v) is 5.24. The average molecular weight is 344 g/mol. The Balaban J connectivity index is 1.68. The summed E-state index contributed by atoms with van der Waals surface area (Å²) in [5.41, 5.74) is 0.757. The molecular formula is C19H28N4O2. The van der Waals surface area contributed by atoms with Gasteiger partial charge in [-0.05, 0) is 37.4 Å². The molecule has 2 saturated heterocycles. The van der Waals surface area contributed by atoms with Crippen molar-refractivity contribution in [1.29, 1.82) is 0 Å². The van der Waals surface area contributed by atoms with E-state index in [0.717, 1.165) is 52.2 Å². The zero-order chi connectivity index (χ0) is 17.8. The number of piperazine rings is 1. The standard InChI is InChI=1S/C19H28N4O2/c1-3-21-10-12-22(13-11-21)18(24)16-7-4-8-17(20-16)19(25)23-9-5-6-15(2)14-23/h4,7-8,15H,3,5-6,9-14H2,1-2H3. The van der Waals surface area contributed by atoms with Crippen molar-refractivity contribution in [2.75, 3.05) is 45.8 Å². The highest BCUT2D eigenvalue weighted by atomic mass is 16.2. The molecule has 2 amide bonds. The normalized spacial score (nSPS) is 22.1. The van der Waals surface area contributed by atoms with Crippen LogP contribution in [-0.4, -0.2) is 77.3 Å². The number of pyridine rings is 1. The Morgan fingerprint density at radius 3 is 2.28 bits per heavy atom. The summed E-state index contributed by atoms with van der Waals surface area (Å²) in [6.45, 7) is 10.1. The largest absolute Gasteiger partial charge is 0.337 e. The van der Waals surface area contributed by atoms with Gasteiger partial charge in [-0.3, -0.25) is 9.59 Å². The summed E-state index contributed by atoms with van der Waals surface area (Å²) in [6.07, 6.45) is 2.20. The smallest absolute Gasteiger partial charge is 0.272 e. The Morgan fingerprint density at radius 2 is 1.68 bits per heavy atom. The highest BCUT2D eigenvalue weighted by Crippen LogP contribution is 2.17. The number of hydrogen-bond donors (Lipinski definition) is 0. The molecule has 1 aromatic heterocycles. The van der Waals surface area contributed by atoms with Gasteiger partial charge in [-0.25, -0.2) is 4.98 Å². The van der Waals surface area contributed by atoms with Gasteiger partial charge in [0.25, 0.3) is 11.8 Å². The van der Waals surface area contributed by atoms with Gasteiger partial charge in [-0.1, -0.05) is 19.9 Å². The van der Waals surface area contributed by atoms with Crippen LogP contribution in [0.5, 0.6) is 0 Å². The zero-order valence-corrected chi connectivity index (χ0v) is 15.3. The lowest BCUT2D eigenvalue weighted by atomic mass is 10.00. The van der Waals surface area contributed by atoms with Crippen molar-refractivity contribution < 1.29 is 9.59 Å². The quantitative estimate of drug-likeness (QED) is 0.838. The molecule has 3 rings (SSSR count). The van der Waals surface area contributed by atoms with E-state index in [0.29, 0.717) is 17.3 Å². The summed E-state index contributed by atoms with van der Waals surface area (Å²) in [5, 5.41) is 0. The number of carbonyl (C=O) groups is 2. The lowest BCUT2D eigenvalue weighted by Gasteiger charge is -2.34. The third kappa shape index (κ3) is 4.18. The summed E-state index contributed by atoms with van der Waals surface area (Å²) >= 11 is 0. The first-order valence-electron chi connectivity index (χ1n) is 9.36. The van der Waals surface area contributed by atoms with Gasteiger partial charge in [0.2, 0.25) is 0 Å². The first-order valence-corrected chi connectivity index (χ1v) is 9.36. The molecule has 6 heteroatoms. The van der Waals surface area contributed by atoms with E-state index in [-0.39, 0.29) is 11.8 Å². The molecule has 0 N–H and O–H groups in total. The fourth-order valence-electron chi connectivity index (χ4n) is 3.64. The maximum absolute atomic E-state index is 12.7. The maximum Gasteiger partial charge on any atom is 0.272 e. The predicted molar refractivity (Wildman–Crippen MR) is 96.6 cm³/mol. The summed E-state index contributed by atoms with van der Waals surface area (Å²) in [6, 6.07) is 5.20. The Labute approximate surface area is 149 Å². The molecule has 1 unspecified atom stereocenters. The monoisotopic (exact) mass is 344 g/mol. The molecular weight excluding hydrogens is 316 g/mol. The van der Waals surface area contributed by atoms with Crippen LogP contribution in [-0.2, 0) is 0 Å². The molecule has 0 saturated carbocycles. The summed E-state index contributed by atoms with van der Waals surface area (Å²) in [7, 11) is 0. The highest BCUT2D eigenvalue weighted by Gasteiger charge is 2.25. The molecule has 2 fully saturated rings. The third-order valence-electron chi connectivity index (χ3n) is 5.24. The van der Waals surface area contributed by atoms with Crippen molar-refractivity contribution in [2.24, 2.45) is 5.92 Å². The fraction of sp³-hybridized carbons (Fsp3) is 0.632. The van der Waals surface area contributed by atoms with Crippen LogP contribution in [0.1, 0.15) is 47.7 Å². The second kappa shape index (κ2) is 7.95. The van der Waals surface area contributed by atoms with Crippen molar-refractivity contribution >= 4 is 11.8 Å².